The van der Waals surface area contributed by atoms with Gasteiger partial charge in [0, 0.05) is 19.2 Å². The number of carboxylic acids is 1. The average molecular weight is 284 g/mol. The third-order valence-electron chi connectivity index (χ3n) is 1.48. The van der Waals surface area contributed by atoms with Gasteiger partial charge in [-0.2, -0.15) is 5.10 Å². The van der Waals surface area contributed by atoms with Crippen LogP contribution in [0.5, 0.6) is 0 Å². The molecule has 0 aromatic heterocycles. The molecule has 0 aromatic rings. The average Bonchev–Trinajstić information content (AvgIpc) is 2.14. The Bertz CT molecular complexity index is 352. The molecule has 3 N–H and O–H groups in total. The summed E-state index contributed by atoms with van der Waals surface area (Å²) in [6.45, 7) is 1.17. The minimum atomic E-state index is -3.22. The van der Waals surface area contributed by atoms with Crippen LogP contribution in [0.3, 0.4) is 0 Å². The van der Waals surface area contributed by atoms with Crippen LogP contribution in [0.2, 0.25) is 0 Å². The van der Waals surface area contributed by atoms with Gasteiger partial charge >= 0.3 is 5.97 Å². The van der Waals surface area contributed by atoms with E-state index >= 15 is 0 Å². The molecule has 16 heavy (non-hydrogen) atoms. The Morgan fingerprint density at radius 1 is 1.62 bits per heavy atom. The summed E-state index contributed by atoms with van der Waals surface area (Å²) >= 11 is 5.98. The molecule has 0 spiro atoms. The van der Waals surface area contributed by atoms with Crippen molar-refractivity contribution < 1.29 is 19.4 Å². The van der Waals surface area contributed by atoms with Crippen molar-refractivity contribution in [1.82, 2.24) is 5.43 Å². The van der Waals surface area contributed by atoms with Crippen molar-refractivity contribution in [2.45, 2.75) is 6.42 Å². The number of nitrogens with zero attached hydrogens (tertiary/aromatic N) is 1. The van der Waals surface area contributed by atoms with Crippen molar-refractivity contribution in [1.29, 1.82) is 0 Å². The molecule has 9 heteroatoms. The van der Waals surface area contributed by atoms with Crippen molar-refractivity contribution in [3.63, 3.8) is 0 Å². The molecule has 92 valence electrons. The third-order valence-corrected chi connectivity index (χ3v) is 3.58. The highest BCUT2D eigenvalue weighted by Crippen LogP contribution is 2.35. The van der Waals surface area contributed by atoms with E-state index < -0.39 is 13.3 Å². The zero-order chi connectivity index (χ0) is 12.8. The highest BCUT2D eigenvalue weighted by atomic mass is 32.2. The molecule has 0 fully saturated rings. The van der Waals surface area contributed by atoms with E-state index in [4.69, 9.17) is 22.2 Å². The summed E-state index contributed by atoms with van der Waals surface area (Å²) in [6, 6.07) is 0. The molecule has 0 heterocycles. The van der Waals surface area contributed by atoms with Crippen molar-refractivity contribution in [2.75, 3.05) is 19.1 Å². The van der Waals surface area contributed by atoms with Gasteiger partial charge in [-0.3, -0.25) is 9.99 Å². The number of nitrogens with one attached hydrogen (secondary N) is 1. The van der Waals surface area contributed by atoms with Crippen molar-refractivity contribution in [3.8, 4) is 0 Å². The molecule has 6 nitrogen and oxygen atoms in total. The molecule has 0 radical (unpaired) electrons. The van der Waals surface area contributed by atoms with Gasteiger partial charge in [0.1, 0.15) is 5.71 Å². The third kappa shape index (κ3) is 7.81. The first-order valence-corrected chi connectivity index (χ1v) is 8.12. The molecule has 0 amide bonds. The van der Waals surface area contributed by atoms with Crippen molar-refractivity contribution in [3.05, 3.63) is 0 Å². The lowest BCUT2D eigenvalue weighted by atomic mass is 10.3. The molecule has 1 atom stereocenters. The zero-order valence-corrected chi connectivity index (χ0v) is 11.4. The monoisotopic (exact) mass is 284 g/mol. The number of thiocarbonyl (C=S) groups is 1. The Morgan fingerprint density at radius 2 is 2.19 bits per heavy atom. The van der Waals surface area contributed by atoms with Gasteiger partial charge in [-0.05, 0) is 6.26 Å². The van der Waals surface area contributed by atoms with Crippen molar-refractivity contribution >= 4 is 47.4 Å². The highest BCUT2D eigenvalue weighted by Gasteiger charge is 2.16. The fourth-order valence-electron chi connectivity index (χ4n) is 0.683. The SMILES string of the molecule is CSC(=S)NN=C(CCP(C)(=O)O)C(=O)O. The molecule has 0 aliphatic carbocycles. The first kappa shape index (κ1) is 15.6. The molecule has 0 rings (SSSR count). The van der Waals surface area contributed by atoms with Gasteiger partial charge in [-0.15, -0.1) is 0 Å². The molecule has 1 unspecified atom stereocenters. The molecular weight excluding hydrogens is 271 g/mol. The maximum atomic E-state index is 11.0. The van der Waals surface area contributed by atoms with E-state index in [0.717, 1.165) is 0 Å². The minimum absolute atomic E-state index is 0.0798. The molecule has 0 bridgehead atoms. The van der Waals surface area contributed by atoms with Crippen LogP contribution in [0, 0.1) is 0 Å². The van der Waals surface area contributed by atoms with Crippen LogP contribution in [0.4, 0.5) is 0 Å². The predicted molar refractivity (Wildman–Crippen MR) is 69.6 cm³/mol. The number of hydrogen-bond donors (Lipinski definition) is 3. The van der Waals surface area contributed by atoms with Gasteiger partial charge in [-0.25, -0.2) is 4.79 Å². The number of carbonyl (C=O) groups is 1. The number of thioether (sulfide) groups is 1. The summed E-state index contributed by atoms with van der Waals surface area (Å²) in [7, 11) is -3.22. The van der Waals surface area contributed by atoms with Gasteiger partial charge in [-0.1, -0.05) is 24.0 Å². The van der Waals surface area contributed by atoms with E-state index in [1.54, 1.807) is 6.26 Å². The van der Waals surface area contributed by atoms with Crippen LogP contribution in [-0.4, -0.2) is 45.1 Å². The second kappa shape index (κ2) is 7.01. The Morgan fingerprint density at radius 3 is 2.56 bits per heavy atom. The van der Waals surface area contributed by atoms with Crippen LogP contribution in [-0.2, 0) is 9.36 Å². The summed E-state index contributed by atoms with van der Waals surface area (Å²) in [6.07, 6.45) is 1.52. The maximum Gasteiger partial charge on any atom is 0.352 e. The van der Waals surface area contributed by atoms with Crippen LogP contribution in [0.1, 0.15) is 6.42 Å². The molecule has 0 aliphatic rings. The summed E-state index contributed by atoms with van der Waals surface area (Å²) < 4.78 is 11.3. The lowest BCUT2D eigenvalue weighted by Crippen LogP contribution is -2.21. The normalized spacial score (nSPS) is 15.3. The topological polar surface area (TPSA) is 99.0 Å². The van der Waals surface area contributed by atoms with E-state index in [9.17, 15) is 9.36 Å². The van der Waals surface area contributed by atoms with E-state index in [1.165, 1.54) is 18.4 Å². The summed E-state index contributed by atoms with van der Waals surface area (Å²) in [5.41, 5.74) is 2.16. The summed E-state index contributed by atoms with van der Waals surface area (Å²) in [4.78, 5) is 19.8. The highest BCUT2D eigenvalue weighted by molar-refractivity contribution is 8.22. The molecule has 0 saturated carbocycles. The zero-order valence-electron chi connectivity index (χ0n) is 8.84. The lowest BCUT2D eigenvalue weighted by molar-refractivity contribution is -0.129. The Labute approximate surface area is 103 Å². The number of hydrazone groups is 1. The fourth-order valence-corrected chi connectivity index (χ4v) is 1.49. The maximum absolute atomic E-state index is 11.0. The van der Waals surface area contributed by atoms with Crippen LogP contribution >= 0.6 is 31.3 Å². The Balaban J connectivity index is 4.45. The predicted octanol–water partition coefficient (Wildman–Crippen LogP) is 0.955. The smallest absolute Gasteiger partial charge is 0.352 e. The quantitative estimate of drug-likeness (QED) is 0.299. The standard InChI is InChI=1S/C7H13N2O4PS2/c1-14(12,13)4-3-5(6(10)11)8-9-7(15)16-2/h3-4H2,1-2H3,(H,9,15)(H,10,11)(H,12,13). The van der Waals surface area contributed by atoms with E-state index in [0.29, 0.717) is 4.32 Å². The molecule has 0 saturated heterocycles. The van der Waals surface area contributed by atoms with Gasteiger partial charge in [0.15, 0.2) is 11.7 Å². The Hall–Kier alpha value is -0.430. The second-order valence-electron chi connectivity index (χ2n) is 2.99. The number of rotatable bonds is 5. The van der Waals surface area contributed by atoms with Crippen LogP contribution in [0.25, 0.3) is 0 Å². The molecular formula is C7H13N2O4PS2. The van der Waals surface area contributed by atoms with Gasteiger partial charge in [0.05, 0.1) is 0 Å². The fraction of sp³-hybridized carbons (Fsp3) is 0.571. The number of aliphatic carboxylic acids is 1. The second-order valence-corrected chi connectivity index (χ2v) is 7.02. The van der Waals surface area contributed by atoms with E-state index in [-0.39, 0.29) is 18.3 Å². The van der Waals surface area contributed by atoms with Gasteiger partial charge in [0.25, 0.3) is 0 Å². The van der Waals surface area contributed by atoms with Crippen LogP contribution < -0.4 is 5.43 Å². The largest absolute Gasteiger partial charge is 0.477 e. The first-order valence-electron chi connectivity index (χ1n) is 4.19. The first-order chi connectivity index (χ1) is 7.26. The minimum Gasteiger partial charge on any atom is -0.477 e. The Kier molecular flexibility index (Phi) is 6.82. The number of carboxylic acid groups (broad SMARTS) is 1. The van der Waals surface area contributed by atoms with Crippen LogP contribution in [0.15, 0.2) is 5.10 Å². The van der Waals surface area contributed by atoms with E-state index in [1.807, 2.05) is 0 Å². The lowest BCUT2D eigenvalue weighted by Gasteiger charge is -2.05. The van der Waals surface area contributed by atoms with Crippen molar-refractivity contribution in [2.24, 2.45) is 5.10 Å². The molecule has 0 aliphatic heterocycles. The van der Waals surface area contributed by atoms with Gasteiger partial charge in [0.2, 0.25) is 0 Å². The number of hydrogen-bond acceptors (Lipinski definition) is 5. The van der Waals surface area contributed by atoms with E-state index in [2.05, 4.69) is 10.5 Å². The van der Waals surface area contributed by atoms with Gasteiger partial charge < -0.3 is 10.00 Å². The molecule has 0 aromatic carbocycles. The summed E-state index contributed by atoms with van der Waals surface area (Å²) in [5, 5.41) is 12.3. The summed E-state index contributed by atoms with van der Waals surface area (Å²) in [5.74, 6) is -1.23.